The number of hydrogen-bond acceptors (Lipinski definition) is 5. The summed E-state index contributed by atoms with van der Waals surface area (Å²) in [6.07, 6.45) is 2.62. The molecule has 2 N–H and O–H groups in total. The normalized spacial score (nSPS) is 16.6. The lowest BCUT2D eigenvalue weighted by molar-refractivity contribution is 0.263. The largest absolute Gasteiger partial charge is 0.481 e. The number of ether oxygens (including phenoxy) is 1. The summed E-state index contributed by atoms with van der Waals surface area (Å²) in [6, 6.07) is 10.8. The van der Waals surface area contributed by atoms with Crippen molar-refractivity contribution in [3.05, 3.63) is 35.9 Å². The van der Waals surface area contributed by atoms with Gasteiger partial charge < -0.3 is 10.5 Å². The second kappa shape index (κ2) is 6.32. The number of nitrogens with two attached hydrogens (primary N) is 1. The molecule has 1 fully saturated rings. The highest BCUT2D eigenvalue weighted by molar-refractivity contribution is 5.61. The summed E-state index contributed by atoms with van der Waals surface area (Å²) in [5.74, 6) is 0.709. The number of hydrogen-bond donors (Lipinski definition) is 1. The minimum absolute atomic E-state index is 0.226. The van der Waals surface area contributed by atoms with Crippen molar-refractivity contribution in [3.8, 4) is 17.1 Å². The third kappa shape index (κ3) is 3.04. The Labute approximate surface area is 131 Å². The average Bonchev–Trinajstić information content (AvgIpc) is 3.08. The van der Waals surface area contributed by atoms with E-state index < -0.39 is 0 Å². The lowest BCUT2D eigenvalue weighted by Crippen LogP contribution is -2.23. The van der Waals surface area contributed by atoms with Gasteiger partial charge in [0.1, 0.15) is 0 Å². The molecular formula is C17H22N4O. The Morgan fingerprint density at radius 2 is 1.82 bits per heavy atom. The van der Waals surface area contributed by atoms with Crippen LogP contribution in [0.3, 0.4) is 0 Å². The standard InChI is InChI=1S/C17H22N4O/c1-12(21-9-3-4-10-21)13-5-7-14(8-6-13)15-11-16(22-2)20-17(18)19-15/h5-8,11-12H,3-4,9-10H2,1-2H3,(H2,18,19,20)/t12-/m0/s1. The van der Waals surface area contributed by atoms with Gasteiger partial charge in [-0.15, -0.1) is 0 Å². The molecule has 1 atom stereocenters. The number of aromatic nitrogens is 2. The van der Waals surface area contributed by atoms with E-state index in [2.05, 4.69) is 46.1 Å². The van der Waals surface area contributed by atoms with E-state index in [0.29, 0.717) is 11.9 Å². The summed E-state index contributed by atoms with van der Waals surface area (Å²) in [7, 11) is 1.58. The van der Waals surface area contributed by atoms with Crippen LogP contribution in [0.15, 0.2) is 30.3 Å². The Hall–Kier alpha value is -2.14. The summed E-state index contributed by atoms with van der Waals surface area (Å²) in [5.41, 5.74) is 8.86. The van der Waals surface area contributed by atoms with Crippen LogP contribution in [0.1, 0.15) is 31.4 Å². The minimum atomic E-state index is 0.226. The van der Waals surface area contributed by atoms with E-state index in [1.165, 1.54) is 31.5 Å². The molecule has 1 aromatic carbocycles. The van der Waals surface area contributed by atoms with E-state index in [1.807, 2.05) is 0 Å². The third-order valence-electron chi connectivity index (χ3n) is 4.31. The van der Waals surface area contributed by atoms with E-state index in [9.17, 15) is 0 Å². The van der Waals surface area contributed by atoms with Gasteiger partial charge in [0.15, 0.2) is 0 Å². The zero-order chi connectivity index (χ0) is 15.5. The van der Waals surface area contributed by atoms with Gasteiger partial charge in [-0.2, -0.15) is 4.98 Å². The fraction of sp³-hybridized carbons (Fsp3) is 0.412. The molecule has 22 heavy (non-hydrogen) atoms. The molecule has 2 aromatic rings. The van der Waals surface area contributed by atoms with Crippen LogP contribution in [0.25, 0.3) is 11.3 Å². The summed E-state index contributed by atoms with van der Waals surface area (Å²) in [4.78, 5) is 10.8. The fourth-order valence-electron chi connectivity index (χ4n) is 2.97. The molecule has 0 radical (unpaired) electrons. The third-order valence-corrected chi connectivity index (χ3v) is 4.31. The van der Waals surface area contributed by atoms with Crippen molar-refractivity contribution >= 4 is 5.95 Å². The predicted octanol–water partition coefficient (Wildman–Crippen LogP) is 2.89. The number of likely N-dealkylation sites (tertiary alicyclic amines) is 1. The maximum atomic E-state index is 5.72. The van der Waals surface area contributed by atoms with Crippen LogP contribution in [0.2, 0.25) is 0 Å². The molecule has 1 aliphatic rings. The lowest BCUT2D eigenvalue weighted by Gasteiger charge is -2.24. The van der Waals surface area contributed by atoms with E-state index in [0.717, 1.165) is 11.3 Å². The highest BCUT2D eigenvalue weighted by Crippen LogP contribution is 2.27. The van der Waals surface area contributed by atoms with Gasteiger partial charge in [0.2, 0.25) is 11.8 Å². The predicted molar refractivity (Wildman–Crippen MR) is 87.7 cm³/mol. The van der Waals surface area contributed by atoms with Gasteiger partial charge in [0.05, 0.1) is 12.8 Å². The topological polar surface area (TPSA) is 64.3 Å². The number of methoxy groups -OCH3 is 1. The summed E-state index contributed by atoms with van der Waals surface area (Å²) in [6.45, 7) is 4.66. The van der Waals surface area contributed by atoms with Crippen LogP contribution < -0.4 is 10.5 Å². The van der Waals surface area contributed by atoms with E-state index in [-0.39, 0.29) is 5.95 Å². The maximum absolute atomic E-state index is 5.72. The molecule has 116 valence electrons. The molecule has 0 saturated carbocycles. The van der Waals surface area contributed by atoms with Crippen LogP contribution in [-0.2, 0) is 0 Å². The molecule has 0 amide bonds. The first-order chi connectivity index (χ1) is 10.7. The molecule has 0 unspecified atom stereocenters. The van der Waals surface area contributed by atoms with E-state index >= 15 is 0 Å². The number of rotatable bonds is 4. The molecule has 2 heterocycles. The minimum Gasteiger partial charge on any atom is -0.481 e. The van der Waals surface area contributed by atoms with Crippen LogP contribution in [0.5, 0.6) is 5.88 Å². The van der Waals surface area contributed by atoms with Crippen molar-refractivity contribution in [1.29, 1.82) is 0 Å². The molecule has 1 aliphatic heterocycles. The van der Waals surface area contributed by atoms with Gasteiger partial charge in [0.25, 0.3) is 0 Å². The van der Waals surface area contributed by atoms with Crippen LogP contribution in [0.4, 0.5) is 5.95 Å². The number of nitrogen functional groups attached to an aromatic ring is 1. The quantitative estimate of drug-likeness (QED) is 0.940. The maximum Gasteiger partial charge on any atom is 0.223 e. The molecule has 5 heteroatoms. The Morgan fingerprint density at radius 3 is 2.45 bits per heavy atom. The Balaban J connectivity index is 1.83. The van der Waals surface area contributed by atoms with Crippen LogP contribution in [-0.4, -0.2) is 35.1 Å². The summed E-state index contributed by atoms with van der Waals surface area (Å²) < 4.78 is 5.15. The van der Waals surface area contributed by atoms with Gasteiger partial charge in [-0.3, -0.25) is 4.90 Å². The Kier molecular flexibility index (Phi) is 4.24. The molecule has 5 nitrogen and oxygen atoms in total. The Morgan fingerprint density at radius 1 is 1.14 bits per heavy atom. The Bertz CT molecular complexity index is 636. The number of nitrogens with zero attached hydrogens (tertiary/aromatic N) is 3. The van der Waals surface area contributed by atoms with Crippen molar-refractivity contribution in [1.82, 2.24) is 14.9 Å². The van der Waals surface area contributed by atoms with Crippen molar-refractivity contribution in [3.63, 3.8) is 0 Å². The van der Waals surface area contributed by atoms with E-state index in [4.69, 9.17) is 10.5 Å². The van der Waals surface area contributed by atoms with Crippen LogP contribution >= 0.6 is 0 Å². The molecule has 0 aliphatic carbocycles. The first-order valence-corrected chi connectivity index (χ1v) is 7.70. The van der Waals surface area contributed by atoms with Gasteiger partial charge in [-0.1, -0.05) is 24.3 Å². The monoisotopic (exact) mass is 298 g/mol. The zero-order valence-corrected chi connectivity index (χ0v) is 13.1. The second-order valence-electron chi connectivity index (χ2n) is 5.69. The first kappa shape index (κ1) is 14.8. The van der Waals surface area contributed by atoms with Gasteiger partial charge >= 0.3 is 0 Å². The molecule has 1 saturated heterocycles. The van der Waals surface area contributed by atoms with Crippen molar-refractivity contribution in [2.75, 3.05) is 25.9 Å². The highest BCUT2D eigenvalue weighted by Gasteiger charge is 2.19. The molecule has 1 aromatic heterocycles. The lowest BCUT2D eigenvalue weighted by atomic mass is 10.0. The SMILES string of the molecule is COc1cc(-c2ccc([C@H](C)N3CCCC3)cc2)nc(N)n1. The first-order valence-electron chi connectivity index (χ1n) is 7.70. The van der Waals surface area contributed by atoms with Gasteiger partial charge in [0, 0.05) is 17.7 Å². The van der Waals surface area contributed by atoms with Crippen LogP contribution in [0, 0.1) is 0 Å². The van der Waals surface area contributed by atoms with Crippen molar-refractivity contribution < 1.29 is 4.74 Å². The van der Waals surface area contributed by atoms with Gasteiger partial charge in [-0.25, -0.2) is 4.98 Å². The zero-order valence-electron chi connectivity index (χ0n) is 13.1. The van der Waals surface area contributed by atoms with Crippen molar-refractivity contribution in [2.45, 2.75) is 25.8 Å². The molecule has 3 rings (SSSR count). The van der Waals surface area contributed by atoms with Gasteiger partial charge in [-0.05, 0) is 38.4 Å². The summed E-state index contributed by atoms with van der Waals surface area (Å²) >= 11 is 0. The molecule has 0 bridgehead atoms. The number of anilines is 1. The molecular weight excluding hydrogens is 276 g/mol. The average molecular weight is 298 g/mol. The molecule has 0 spiro atoms. The van der Waals surface area contributed by atoms with Crippen molar-refractivity contribution in [2.24, 2.45) is 0 Å². The summed E-state index contributed by atoms with van der Waals surface area (Å²) in [5, 5.41) is 0. The second-order valence-corrected chi connectivity index (χ2v) is 5.69. The smallest absolute Gasteiger partial charge is 0.223 e. The van der Waals surface area contributed by atoms with E-state index in [1.54, 1.807) is 13.2 Å². The highest BCUT2D eigenvalue weighted by atomic mass is 16.5. The fourth-order valence-corrected chi connectivity index (χ4v) is 2.97. The number of benzene rings is 1.